The highest BCUT2D eigenvalue weighted by Gasteiger charge is 2.29. The number of carbonyl (C=O) groups is 5. The van der Waals surface area contributed by atoms with Crippen molar-refractivity contribution in [2.75, 3.05) is 37.9 Å². The van der Waals surface area contributed by atoms with Crippen LogP contribution in [0.3, 0.4) is 0 Å². The average Bonchev–Trinajstić information content (AvgIpc) is 3.51. The molecular formula is C39H51N5O8. The first-order valence-corrected chi connectivity index (χ1v) is 18.1. The third-order valence-electron chi connectivity index (χ3n) is 8.52. The van der Waals surface area contributed by atoms with Crippen molar-refractivity contribution in [2.45, 2.75) is 91.8 Å². The molecule has 0 bridgehead atoms. The first-order chi connectivity index (χ1) is 25.0. The molecule has 2 amide bonds. The summed E-state index contributed by atoms with van der Waals surface area (Å²) in [5, 5.41) is 11.5. The Morgan fingerprint density at radius 2 is 1.46 bits per heavy atom. The second-order valence-corrected chi connectivity index (χ2v) is 13.4. The fraction of sp³-hybridized carbons (Fsp3) is 0.513. The Bertz CT molecular complexity index is 1680. The van der Waals surface area contributed by atoms with E-state index in [9.17, 15) is 24.0 Å². The van der Waals surface area contributed by atoms with E-state index in [0.29, 0.717) is 56.1 Å². The number of aromatic nitrogens is 3. The number of carbonyl (C=O) groups excluding carboxylic acids is 5. The second kappa shape index (κ2) is 20.3. The third kappa shape index (κ3) is 11.9. The molecule has 2 heterocycles. The molecular weight excluding hydrogens is 666 g/mol. The Hall–Kier alpha value is -4.75. The molecule has 2 aromatic carbocycles. The van der Waals surface area contributed by atoms with Gasteiger partial charge in [0.1, 0.15) is 23.8 Å². The van der Waals surface area contributed by atoms with Crippen molar-refractivity contribution < 1.29 is 38.2 Å². The van der Waals surface area contributed by atoms with Gasteiger partial charge in [0.25, 0.3) is 0 Å². The van der Waals surface area contributed by atoms with Gasteiger partial charge in [-0.3, -0.25) is 19.2 Å². The number of hydrogen-bond acceptors (Lipinski definition) is 10. The van der Waals surface area contributed by atoms with E-state index < -0.39 is 6.09 Å². The maximum absolute atomic E-state index is 13.9. The summed E-state index contributed by atoms with van der Waals surface area (Å²) >= 11 is 0. The van der Waals surface area contributed by atoms with Gasteiger partial charge < -0.3 is 24.4 Å². The van der Waals surface area contributed by atoms with E-state index in [4.69, 9.17) is 14.2 Å². The van der Waals surface area contributed by atoms with E-state index in [-0.39, 0.29) is 87.3 Å². The van der Waals surface area contributed by atoms with Crippen molar-refractivity contribution in [1.29, 1.82) is 0 Å². The summed E-state index contributed by atoms with van der Waals surface area (Å²) in [6.07, 6.45) is 1.47. The summed E-state index contributed by atoms with van der Waals surface area (Å²) < 4.78 is 17.7. The van der Waals surface area contributed by atoms with Crippen LogP contribution in [-0.4, -0.2) is 83.4 Å². The topological polar surface area (TPSA) is 159 Å². The average molecular weight is 718 g/mol. The van der Waals surface area contributed by atoms with Gasteiger partial charge in [0.2, 0.25) is 5.91 Å². The fourth-order valence-electron chi connectivity index (χ4n) is 5.80. The minimum absolute atomic E-state index is 0.00420. The van der Waals surface area contributed by atoms with Crippen LogP contribution in [0.1, 0.15) is 78.2 Å². The first-order valence-electron chi connectivity index (χ1n) is 18.1. The zero-order valence-electron chi connectivity index (χ0n) is 30.7. The predicted octanol–water partition coefficient (Wildman–Crippen LogP) is 5.72. The van der Waals surface area contributed by atoms with Crippen molar-refractivity contribution in [2.24, 2.45) is 5.92 Å². The molecule has 0 saturated heterocycles. The molecule has 280 valence electrons. The molecule has 0 saturated carbocycles. The van der Waals surface area contributed by atoms with E-state index in [0.717, 1.165) is 16.7 Å². The van der Waals surface area contributed by atoms with Crippen LogP contribution in [0.4, 0.5) is 10.5 Å². The van der Waals surface area contributed by atoms with Crippen molar-refractivity contribution in [3.8, 4) is 22.5 Å². The lowest BCUT2D eigenvalue weighted by molar-refractivity contribution is -0.123. The van der Waals surface area contributed by atoms with Crippen LogP contribution in [0.5, 0.6) is 0 Å². The molecule has 1 aliphatic rings. The van der Waals surface area contributed by atoms with Crippen LogP contribution in [-0.2, 0) is 46.5 Å². The molecule has 1 aliphatic heterocycles. The van der Waals surface area contributed by atoms with E-state index in [1.807, 2.05) is 62.4 Å². The molecule has 0 radical (unpaired) electrons. The van der Waals surface area contributed by atoms with Gasteiger partial charge in [-0.25, -0.2) is 9.48 Å². The molecule has 0 aliphatic carbocycles. The summed E-state index contributed by atoms with van der Waals surface area (Å²) in [5.74, 6) is -0.0293. The molecule has 0 fully saturated rings. The SMILES string of the molecule is CC(C)OC(=O)NCCOCCC(=O)CCCC(=O)N1Cc2ccccc2-c2nnn(CC(=O)CCCOCCC(=O)C(C)C)c2-c2ccccc21. The monoisotopic (exact) mass is 717 g/mol. The maximum Gasteiger partial charge on any atom is 0.407 e. The van der Waals surface area contributed by atoms with Crippen LogP contribution in [0.15, 0.2) is 48.5 Å². The number of anilines is 1. The summed E-state index contributed by atoms with van der Waals surface area (Å²) in [6, 6.07) is 15.3. The minimum Gasteiger partial charge on any atom is -0.447 e. The van der Waals surface area contributed by atoms with Gasteiger partial charge in [-0.15, -0.1) is 5.10 Å². The molecule has 1 N–H and O–H groups in total. The number of rotatable bonds is 21. The predicted molar refractivity (Wildman–Crippen MR) is 196 cm³/mol. The maximum atomic E-state index is 13.9. The zero-order valence-corrected chi connectivity index (χ0v) is 30.7. The van der Waals surface area contributed by atoms with Crippen molar-refractivity contribution in [3.63, 3.8) is 0 Å². The molecule has 13 heteroatoms. The van der Waals surface area contributed by atoms with Gasteiger partial charge >= 0.3 is 6.09 Å². The van der Waals surface area contributed by atoms with E-state index >= 15 is 0 Å². The number of amides is 2. The smallest absolute Gasteiger partial charge is 0.407 e. The number of hydrogen-bond donors (Lipinski definition) is 1. The molecule has 13 nitrogen and oxygen atoms in total. The fourth-order valence-corrected chi connectivity index (χ4v) is 5.80. The number of ether oxygens (including phenoxy) is 3. The Morgan fingerprint density at radius 3 is 2.23 bits per heavy atom. The van der Waals surface area contributed by atoms with Gasteiger partial charge in [0, 0.05) is 62.3 Å². The number of nitrogens with zero attached hydrogens (tertiary/aromatic N) is 4. The number of alkyl carbamates (subject to hydrolysis) is 1. The lowest BCUT2D eigenvalue weighted by Crippen LogP contribution is -2.32. The highest BCUT2D eigenvalue weighted by molar-refractivity contribution is 6.00. The van der Waals surface area contributed by atoms with Gasteiger partial charge in [-0.05, 0) is 38.3 Å². The molecule has 0 unspecified atom stereocenters. The minimum atomic E-state index is -0.509. The number of Topliss-reactive ketones (excluding diaryl/α,β-unsaturated/α-hetero) is 3. The van der Waals surface area contributed by atoms with Crippen LogP contribution < -0.4 is 10.2 Å². The number of fused-ring (bicyclic) bond motifs is 5. The van der Waals surface area contributed by atoms with Crippen LogP contribution in [0.2, 0.25) is 0 Å². The van der Waals surface area contributed by atoms with Gasteiger partial charge in [0.05, 0.1) is 43.9 Å². The van der Waals surface area contributed by atoms with E-state index in [2.05, 4.69) is 15.6 Å². The van der Waals surface area contributed by atoms with Crippen LogP contribution >= 0.6 is 0 Å². The standard InChI is InChI=1S/C39H51N5O8/c1-27(2)35(47)19-23-50-21-10-13-31(46)26-44-38-33-15-7-8-16-34(33)43(25-29-11-5-6-14-32(29)37(38)41-42-44)36(48)17-9-12-30(45)18-22-51-24-20-40-39(49)52-28(3)4/h5-8,11,14-16,27-28H,9-10,12-13,17-26H2,1-4H3,(H,40,49). The molecule has 1 aromatic heterocycles. The molecule has 0 atom stereocenters. The third-order valence-corrected chi connectivity index (χ3v) is 8.52. The van der Waals surface area contributed by atoms with Gasteiger partial charge in [-0.1, -0.05) is 61.5 Å². The number of nitrogens with one attached hydrogen (secondary N) is 1. The molecule has 52 heavy (non-hydrogen) atoms. The zero-order chi connectivity index (χ0) is 37.5. The van der Waals surface area contributed by atoms with E-state index in [1.54, 1.807) is 23.4 Å². The van der Waals surface area contributed by atoms with Crippen LogP contribution in [0, 0.1) is 5.92 Å². The number of ketones is 3. The first kappa shape index (κ1) is 40.0. The largest absolute Gasteiger partial charge is 0.447 e. The highest BCUT2D eigenvalue weighted by Crippen LogP contribution is 2.41. The number of benzene rings is 2. The molecule has 0 spiro atoms. The lowest BCUT2D eigenvalue weighted by atomic mass is 9.95. The van der Waals surface area contributed by atoms with Crippen molar-refractivity contribution >= 4 is 35.0 Å². The lowest BCUT2D eigenvalue weighted by Gasteiger charge is -2.28. The van der Waals surface area contributed by atoms with Crippen molar-refractivity contribution in [1.82, 2.24) is 20.3 Å². The molecule has 3 aromatic rings. The summed E-state index contributed by atoms with van der Waals surface area (Å²) in [5.41, 5.74) is 4.42. The van der Waals surface area contributed by atoms with Gasteiger partial charge in [0.15, 0.2) is 5.78 Å². The second-order valence-electron chi connectivity index (χ2n) is 13.4. The Balaban J connectivity index is 1.37. The van der Waals surface area contributed by atoms with E-state index in [1.165, 1.54) is 0 Å². The number of para-hydroxylation sites is 1. The molecule has 4 rings (SSSR count). The Labute approximate surface area is 305 Å². The Kier molecular flexibility index (Phi) is 15.6. The van der Waals surface area contributed by atoms with Crippen molar-refractivity contribution in [3.05, 3.63) is 54.1 Å². The summed E-state index contributed by atoms with van der Waals surface area (Å²) in [4.78, 5) is 64.6. The quantitative estimate of drug-likeness (QED) is 0.135. The summed E-state index contributed by atoms with van der Waals surface area (Å²) in [6.45, 7) is 9.07. The van der Waals surface area contributed by atoms with Gasteiger partial charge in [-0.2, -0.15) is 0 Å². The Morgan fingerprint density at radius 1 is 0.769 bits per heavy atom. The normalized spacial score (nSPS) is 12.1. The van der Waals surface area contributed by atoms with Crippen LogP contribution in [0.25, 0.3) is 22.5 Å². The summed E-state index contributed by atoms with van der Waals surface area (Å²) in [7, 11) is 0. The highest BCUT2D eigenvalue weighted by atomic mass is 16.6.